The van der Waals surface area contributed by atoms with Gasteiger partial charge in [-0.15, -0.1) is 11.8 Å². The summed E-state index contributed by atoms with van der Waals surface area (Å²) in [6.45, 7) is 5.90. The van der Waals surface area contributed by atoms with E-state index in [9.17, 15) is 24.3 Å². The summed E-state index contributed by atoms with van der Waals surface area (Å²) >= 11 is 6.46. The molecule has 224 valence electrons. The van der Waals surface area contributed by atoms with Crippen molar-refractivity contribution in [2.24, 2.45) is 35.5 Å². The zero-order valence-corrected chi connectivity index (χ0v) is 27.0. The monoisotopic (exact) mass is 682 g/mol. The number of carboxylic acid groups (broad SMARTS) is 1. The molecule has 43 heavy (non-hydrogen) atoms. The molecule has 4 aliphatic rings. The van der Waals surface area contributed by atoms with Crippen molar-refractivity contribution in [1.29, 1.82) is 0 Å². The Balaban J connectivity index is 1.30. The molecule has 2 N–H and O–H groups in total. The molecule has 2 aliphatic carbocycles. The van der Waals surface area contributed by atoms with Crippen LogP contribution in [-0.2, 0) is 21.0 Å². The maximum Gasteiger partial charge on any atom is 0.327 e. The van der Waals surface area contributed by atoms with Crippen LogP contribution < -0.4 is 9.61 Å². The lowest BCUT2D eigenvalue weighted by Crippen LogP contribution is -2.49. The second-order valence-electron chi connectivity index (χ2n) is 12.4. The molecule has 8 nitrogen and oxygen atoms in total. The van der Waals surface area contributed by atoms with Gasteiger partial charge < -0.3 is 14.8 Å². The number of fused-ring (bicyclic) bond motifs is 9. The molecule has 1 saturated heterocycles. The number of imide groups is 1. The average molecular weight is 684 g/mol. The molecule has 7 rings (SSSR count). The second kappa shape index (κ2) is 10.6. The van der Waals surface area contributed by atoms with E-state index in [1.165, 1.54) is 11.3 Å². The van der Waals surface area contributed by atoms with Crippen LogP contribution in [-0.4, -0.2) is 44.1 Å². The van der Waals surface area contributed by atoms with Crippen LogP contribution >= 0.6 is 39.0 Å². The Hall–Kier alpha value is -2.89. The molecule has 2 aromatic carbocycles. The number of thioether (sulfide) groups is 1. The molecule has 2 amide bonds. The van der Waals surface area contributed by atoms with Crippen molar-refractivity contribution in [3.05, 3.63) is 78.2 Å². The van der Waals surface area contributed by atoms with Crippen LogP contribution in [0.3, 0.4) is 0 Å². The van der Waals surface area contributed by atoms with Gasteiger partial charge in [0.2, 0.25) is 11.8 Å². The molecule has 3 aromatic rings. The van der Waals surface area contributed by atoms with E-state index >= 15 is 0 Å². The molecule has 11 heteroatoms. The smallest absolute Gasteiger partial charge is 0.327 e. The fraction of sp³-hybridized carbons (Fsp3) is 0.438. The molecule has 3 heterocycles. The fourth-order valence-electron chi connectivity index (χ4n) is 8.18. The van der Waals surface area contributed by atoms with Crippen molar-refractivity contribution in [3.8, 4) is 5.75 Å². The van der Waals surface area contributed by atoms with E-state index < -0.39 is 29.8 Å². The number of carbonyl (C=O) groups is 3. The first kappa shape index (κ1) is 28.9. The van der Waals surface area contributed by atoms with Crippen LogP contribution in [0.25, 0.3) is 0 Å². The predicted octanol–water partition coefficient (Wildman–Crippen LogP) is 5.67. The summed E-state index contributed by atoms with van der Waals surface area (Å²) < 4.78 is 7.36. The number of amides is 2. The van der Waals surface area contributed by atoms with E-state index in [4.69, 9.17) is 4.74 Å². The summed E-state index contributed by atoms with van der Waals surface area (Å²) in [6, 6.07) is 12.8. The number of nitrogens with one attached hydrogen (secondary N) is 1. The Kier molecular flexibility index (Phi) is 7.13. The van der Waals surface area contributed by atoms with Crippen LogP contribution in [0.4, 0.5) is 0 Å². The minimum absolute atomic E-state index is 0.00349. The number of benzene rings is 2. The van der Waals surface area contributed by atoms with Crippen LogP contribution in [0.1, 0.15) is 47.8 Å². The first-order valence-corrected chi connectivity index (χ1v) is 17.0. The zero-order valence-electron chi connectivity index (χ0n) is 23.8. The lowest BCUT2D eigenvalue weighted by atomic mass is 9.68. The number of rotatable bonds is 7. The van der Waals surface area contributed by atoms with Gasteiger partial charge in [0.15, 0.2) is 0 Å². The number of nitrogens with zero attached hydrogens (tertiary/aromatic N) is 1. The Morgan fingerprint density at radius 3 is 2.53 bits per heavy atom. The van der Waals surface area contributed by atoms with Crippen LogP contribution in [0, 0.1) is 42.4 Å². The van der Waals surface area contributed by atoms with E-state index in [1.54, 1.807) is 25.6 Å². The van der Waals surface area contributed by atoms with Crippen LogP contribution in [0.15, 0.2) is 56.8 Å². The number of hydrogen-bond donors (Lipinski definition) is 2. The summed E-state index contributed by atoms with van der Waals surface area (Å²) in [4.78, 5) is 57.6. The molecule has 3 fully saturated rings. The van der Waals surface area contributed by atoms with Gasteiger partial charge in [-0.25, -0.2) is 4.79 Å². The standard InChI is InChI=1S/C32H31BrN2O6S2/c1-13(2)25(31(38)39)35-29(36)23-18-11-19(24(23)30(35)37)26-22(18)21(27-28(42-26)34-32(40)43-27)17-10-16(33)8-9-20(17)41-12-15-7-5-4-6-14(15)3/h4-10,13,18-19,21-26H,11-12H2,1-3H3,(H,34,40)(H,38,39)/t18?,19?,21-,22?,23?,24?,25?,26?/m1/s1. The summed E-state index contributed by atoms with van der Waals surface area (Å²) in [5, 5.41) is 10.8. The van der Waals surface area contributed by atoms with Gasteiger partial charge in [-0.05, 0) is 66.3 Å². The quantitative estimate of drug-likeness (QED) is 0.309. The first-order valence-electron chi connectivity index (χ1n) is 14.5. The predicted molar refractivity (Wildman–Crippen MR) is 166 cm³/mol. The lowest BCUT2D eigenvalue weighted by molar-refractivity contribution is -0.157. The molecule has 0 radical (unpaired) electrons. The van der Waals surface area contributed by atoms with Gasteiger partial charge in [-0.2, -0.15) is 0 Å². The molecule has 0 spiro atoms. The maximum absolute atomic E-state index is 14.0. The molecule has 7 unspecified atom stereocenters. The summed E-state index contributed by atoms with van der Waals surface area (Å²) in [6.07, 6.45) is 0.728. The number of carboxylic acids is 1. The number of hydrogen-bond acceptors (Lipinski definition) is 7. The van der Waals surface area contributed by atoms with Gasteiger partial charge in [-0.1, -0.05) is 65.4 Å². The maximum atomic E-state index is 14.0. The number of likely N-dealkylation sites (tertiary alicyclic amines) is 1. The second-order valence-corrected chi connectivity index (χ2v) is 15.5. The summed E-state index contributed by atoms with van der Waals surface area (Å²) in [5.41, 5.74) is 3.16. The third-order valence-corrected chi connectivity index (χ3v) is 13.0. The Morgan fingerprint density at radius 1 is 1.12 bits per heavy atom. The number of aryl methyl sites for hydroxylation is 1. The summed E-state index contributed by atoms with van der Waals surface area (Å²) in [5.74, 6) is -3.08. The molecule has 2 aliphatic heterocycles. The number of H-pyrrole nitrogens is 1. The molecular formula is C32H31BrN2O6S2. The Morgan fingerprint density at radius 2 is 1.84 bits per heavy atom. The van der Waals surface area contributed by atoms with Crippen molar-refractivity contribution >= 4 is 56.8 Å². The SMILES string of the molecule is Cc1ccccc1COc1ccc(Br)cc1[C@H]1c2sc(=O)[nH]c2SC2C3CC(C4C(=O)N(C(C(=O)O)C(C)C)C(=O)C34)C21. The highest BCUT2D eigenvalue weighted by molar-refractivity contribution is 9.10. The number of carbonyl (C=O) groups excluding carboxylic acids is 2. The Labute approximate surface area is 265 Å². The zero-order chi connectivity index (χ0) is 30.3. The van der Waals surface area contributed by atoms with Gasteiger partial charge in [0.1, 0.15) is 18.4 Å². The van der Waals surface area contributed by atoms with E-state index in [-0.39, 0.29) is 45.6 Å². The Bertz CT molecular complexity index is 1720. The van der Waals surface area contributed by atoms with Crippen molar-refractivity contribution < 1.29 is 24.2 Å². The highest BCUT2D eigenvalue weighted by atomic mass is 79.9. The van der Waals surface area contributed by atoms with Gasteiger partial charge in [0.25, 0.3) is 0 Å². The number of thiazole rings is 1. The van der Waals surface area contributed by atoms with Crippen molar-refractivity contribution in [2.75, 3.05) is 0 Å². The third-order valence-electron chi connectivity index (χ3n) is 9.87. The number of aromatic nitrogens is 1. The number of halogens is 1. The minimum atomic E-state index is -1.18. The fourth-order valence-corrected chi connectivity index (χ4v) is 11.4. The molecule has 2 saturated carbocycles. The third kappa shape index (κ3) is 4.44. The molecular weight excluding hydrogens is 652 g/mol. The van der Waals surface area contributed by atoms with E-state index in [1.807, 2.05) is 30.3 Å². The largest absolute Gasteiger partial charge is 0.489 e. The average Bonchev–Trinajstić information content (AvgIpc) is 3.69. The number of aromatic amines is 1. The van der Waals surface area contributed by atoms with Gasteiger partial charge in [0, 0.05) is 26.1 Å². The van der Waals surface area contributed by atoms with Gasteiger partial charge >= 0.3 is 10.8 Å². The van der Waals surface area contributed by atoms with E-state index in [2.05, 4.69) is 40.0 Å². The number of ether oxygens (including phenoxy) is 1. The van der Waals surface area contributed by atoms with E-state index in [0.29, 0.717) is 6.61 Å². The topological polar surface area (TPSA) is 117 Å². The highest BCUT2D eigenvalue weighted by Gasteiger charge is 2.70. The lowest BCUT2D eigenvalue weighted by Gasteiger charge is -2.43. The van der Waals surface area contributed by atoms with Crippen LogP contribution in [0.2, 0.25) is 0 Å². The minimum Gasteiger partial charge on any atom is -0.489 e. The van der Waals surface area contributed by atoms with Crippen molar-refractivity contribution in [2.45, 2.75) is 56.0 Å². The first-order chi connectivity index (χ1) is 20.6. The summed E-state index contributed by atoms with van der Waals surface area (Å²) in [7, 11) is 0. The molecule has 1 aromatic heterocycles. The van der Waals surface area contributed by atoms with Crippen LogP contribution in [0.5, 0.6) is 5.75 Å². The van der Waals surface area contributed by atoms with E-state index in [0.717, 1.165) is 48.1 Å². The molecule has 8 atom stereocenters. The number of aliphatic carboxylic acids is 1. The highest BCUT2D eigenvalue weighted by Crippen LogP contribution is 2.69. The van der Waals surface area contributed by atoms with Gasteiger partial charge in [-0.3, -0.25) is 19.3 Å². The van der Waals surface area contributed by atoms with Gasteiger partial charge in [0.05, 0.1) is 16.9 Å². The molecule has 2 bridgehead atoms. The van der Waals surface area contributed by atoms with Crippen molar-refractivity contribution in [3.63, 3.8) is 0 Å². The van der Waals surface area contributed by atoms with Crippen molar-refractivity contribution in [1.82, 2.24) is 9.88 Å². The normalized spacial score (nSPS) is 29.5.